The topological polar surface area (TPSA) is 74.6 Å². The second-order valence-corrected chi connectivity index (χ2v) is 7.11. The fourth-order valence-electron chi connectivity index (χ4n) is 2.19. The molecule has 0 aliphatic rings. The van der Waals surface area contributed by atoms with Gasteiger partial charge in [-0.05, 0) is 25.7 Å². The van der Waals surface area contributed by atoms with Crippen LogP contribution >= 0.6 is 0 Å². The van der Waals surface area contributed by atoms with Gasteiger partial charge in [0.2, 0.25) is 0 Å². The van der Waals surface area contributed by atoms with Crippen molar-refractivity contribution in [2.45, 2.75) is 89.4 Å². The van der Waals surface area contributed by atoms with Gasteiger partial charge in [-0.15, -0.1) is 0 Å². The van der Waals surface area contributed by atoms with Gasteiger partial charge in [0.25, 0.3) is 10.1 Å². The molecule has 1 atom stereocenters. The van der Waals surface area contributed by atoms with Gasteiger partial charge >= 0.3 is 0 Å². The van der Waals surface area contributed by atoms with Crippen LogP contribution in [0.3, 0.4) is 0 Å². The Kier molecular flexibility index (Phi) is 9.66. The lowest BCUT2D eigenvalue weighted by molar-refractivity contribution is 0.0890. The van der Waals surface area contributed by atoms with Gasteiger partial charge in [0.05, 0.1) is 0 Å². The van der Waals surface area contributed by atoms with E-state index in [1.807, 2.05) is 6.92 Å². The first-order chi connectivity index (χ1) is 8.87. The van der Waals surface area contributed by atoms with E-state index in [2.05, 4.69) is 6.92 Å². The molecule has 0 fully saturated rings. The van der Waals surface area contributed by atoms with Crippen molar-refractivity contribution < 1.29 is 18.1 Å². The average molecular weight is 294 g/mol. The first-order valence-electron chi connectivity index (χ1n) is 7.56. The predicted molar refractivity (Wildman–Crippen MR) is 78.6 cm³/mol. The molecule has 5 heteroatoms. The highest BCUT2D eigenvalue weighted by Crippen LogP contribution is 2.27. The molecule has 116 valence electrons. The molecule has 0 aromatic carbocycles. The van der Waals surface area contributed by atoms with Gasteiger partial charge in [-0.3, -0.25) is 4.55 Å². The highest BCUT2D eigenvalue weighted by atomic mass is 32.2. The number of hydrogen-bond acceptors (Lipinski definition) is 3. The van der Waals surface area contributed by atoms with Crippen molar-refractivity contribution >= 4 is 10.1 Å². The third-order valence-corrected chi connectivity index (χ3v) is 4.94. The number of hydrogen-bond donors (Lipinski definition) is 2. The molecule has 0 aliphatic heterocycles. The molecule has 1 unspecified atom stereocenters. The summed E-state index contributed by atoms with van der Waals surface area (Å²) in [6.07, 6.45) is 9.11. The zero-order chi connectivity index (χ0) is 14.8. The summed E-state index contributed by atoms with van der Waals surface area (Å²) < 4.78 is 31.7. The van der Waals surface area contributed by atoms with Crippen LogP contribution in [0.2, 0.25) is 0 Å². The van der Waals surface area contributed by atoms with Gasteiger partial charge in [-0.25, -0.2) is 0 Å². The summed E-state index contributed by atoms with van der Waals surface area (Å²) in [7, 11) is -4.38. The Bertz CT molecular complexity index is 313. The smallest absolute Gasteiger partial charge is 0.294 e. The molecule has 0 aliphatic carbocycles. The SMILES string of the molecule is CCCCCCCCCC(O)(CCCC)S(=O)(=O)O. The fraction of sp³-hybridized carbons (Fsp3) is 1.00. The largest absolute Gasteiger partial charge is 0.372 e. The summed E-state index contributed by atoms with van der Waals surface area (Å²) >= 11 is 0. The Morgan fingerprint density at radius 2 is 1.21 bits per heavy atom. The monoisotopic (exact) mass is 294 g/mol. The summed E-state index contributed by atoms with van der Waals surface area (Å²) in [6, 6.07) is 0. The molecule has 19 heavy (non-hydrogen) atoms. The molecule has 0 saturated carbocycles. The van der Waals surface area contributed by atoms with Gasteiger partial charge < -0.3 is 5.11 Å². The molecular weight excluding hydrogens is 264 g/mol. The van der Waals surface area contributed by atoms with Gasteiger partial charge in [0.1, 0.15) is 0 Å². The Hall–Kier alpha value is -0.130. The zero-order valence-corrected chi connectivity index (χ0v) is 13.2. The third-order valence-electron chi connectivity index (χ3n) is 3.57. The van der Waals surface area contributed by atoms with E-state index in [9.17, 15) is 13.5 Å². The van der Waals surface area contributed by atoms with Crippen molar-refractivity contribution in [3.8, 4) is 0 Å². The van der Waals surface area contributed by atoms with E-state index in [1.165, 1.54) is 19.3 Å². The van der Waals surface area contributed by atoms with Gasteiger partial charge in [-0.2, -0.15) is 8.42 Å². The minimum atomic E-state index is -4.38. The van der Waals surface area contributed by atoms with E-state index in [0.29, 0.717) is 12.8 Å². The first kappa shape index (κ1) is 18.9. The van der Waals surface area contributed by atoms with Crippen LogP contribution in [0.25, 0.3) is 0 Å². The maximum atomic E-state index is 11.3. The van der Waals surface area contributed by atoms with Crippen LogP contribution in [0.4, 0.5) is 0 Å². The summed E-state index contributed by atoms with van der Waals surface area (Å²) in [5.41, 5.74) is 0. The van der Waals surface area contributed by atoms with E-state index >= 15 is 0 Å². The lowest BCUT2D eigenvalue weighted by atomic mass is 10.0. The minimum Gasteiger partial charge on any atom is -0.372 e. The van der Waals surface area contributed by atoms with Crippen molar-refractivity contribution in [3.63, 3.8) is 0 Å². The van der Waals surface area contributed by atoms with Crippen LogP contribution < -0.4 is 0 Å². The Labute approximate surface area is 118 Å². The molecule has 0 bridgehead atoms. The standard InChI is InChI=1S/C14H30O4S/c1-3-5-7-8-9-10-11-13-14(15,12-6-4-2)19(16,17)18/h15H,3-13H2,1-2H3,(H,16,17,18). The van der Waals surface area contributed by atoms with Crippen molar-refractivity contribution in [3.05, 3.63) is 0 Å². The normalized spacial score (nSPS) is 15.4. The van der Waals surface area contributed by atoms with Crippen molar-refractivity contribution in [1.29, 1.82) is 0 Å². The molecule has 0 heterocycles. The number of rotatable bonds is 12. The van der Waals surface area contributed by atoms with Crippen molar-refractivity contribution in [1.82, 2.24) is 0 Å². The van der Waals surface area contributed by atoms with Crippen molar-refractivity contribution in [2.24, 2.45) is 0 Å². The molecule has 0 saturated heterocycles. The fourth-order valence-corrected chi connectivity index (χ4v) is 3.00. The predicted octanol–water partition coefficient (Wildman–Crippen LogP) is 3.89. The maximum absolute atomic E-state index is 11.3. The lowest BCUT2D eigenvalue weighted by Crippen LogP contribution is -2.38. The van der Waals surface area contributed by atoms with Crippen LogP contribution in [-0.2, 0) is 10.1 Å². The highest BCUT2D eigenvalue weighted by Gasteiger charge is 2.39. The van der Waals surface area contributed by atoms with E-state index in [0.717, 1.165) is 25.7 Å². The van der Waals surface area contributed by atoms with Crippen LogP contribution in [0.5, 0.6) is 0 Å². The molecule has 2 N–H and O–H groups in total. The maximum Gasteiger partial charge on any atom is 0.294 e. The minimum absolute atomic E-state index is 0.123. The quantitative estimate of drug-likeness (QED) is 0.423. The highest BCUT2D eigenvalue weighted by molar-refractivity contribution is 7.87. The molecular formula is C14H30O4S. The Morgan fingerprint density at radius 3 is 1.68 bits per heavy atom. The van der Waals surface area contributed by atoms with E-state index in [1.54, 1.807) is 0 Å². The van der Waals surface area contributed by atoms with Crippen LogP contribution in [0.1, 0.15) is 84.5 Å². The summed E-state index contributed by atoms with van der Waals surface area (Å²) in [5, 5.41) is 10.1. The van der Waals surface area contributed by atoms with Crippen LogP contribution in [0, 0.1) is 0 Å². The number of unbranched alkanes of at least 4 members (excludes halogenated alkanes) is 7. The van der Waals surface area contributed by atoms with Gasteiger partial charge in [0, 0.05) is 0 Å². The molecule has 0 amide bonds. The van der Waals surface area contributed by atoms with E-state index in [4.69, 9.17) is 4.55 Å². The number of aliphatic hydroxyl groups is 1. The molecule has 0 radical (unpaired) electrons. The summed E-state index contributed by atoms with van der Waals surface area (Å²) in [6.45, 7) is 4.10. The Balaban J connectivity index is 4.01. The summed E-state index contributed by atoms with van der Waals surface area (Å²) in [5.74, 6) is 0. The molecule has 0 rings (SSSR count). The third kappa shape index (κ3) is 7.90. The lowest BCUT2D eigenvalue weighted by Gasteiger charge is -2.24. The van der Waals surface area contributed by atoms with Crippen molar-refractivity contribution in [2.75, 3.05) is 0 Å². The van der Waals surface area contributed by atoms with Gasteiger partial charge in [0.15, 0.2) is 4.93 Å². The van der Waals surface area contributed by atoms with Crippen LogP contribution in [-0.4, -0.2) is 23.0 Å². The first-order valence-corrected chi connectivity index (χ1v) is 9.01. The second kappa shape index (κ2) is 9.72. The zero-order valence-electron chi connectivity index (χ0n) is 12.4. The molecule has 0 spiro atoms. The van der Waals surface area contributed by atoms with Gasteiger partial charge in [-0.1, -0.05) is 58.8 Å². The summed E-state index contributed by atoms with van der Waals surface area (Å²) in [4.78, 5) is -1.94. The van der Waals surface area contributed by atoms with E-state index in [-0.39, 0.29) is 12.8 Å². The van der Waals surface area contributed by atoms with Crippen LogP contribution in [0.15, 0.2) is 0 Å². The molecule has 0 aromatic heterocycles. The Morgan fingerprint density at radius 1 is 0.789 bits per heavy atom. The average Bonchev–Trinajstić information content (AvgIpc) is 2.34. The van der Waals surface area contributed by atoms with E-state index < -0.39 is 15.1 Å². The second-order valence-electron chi connectivity index (χ2n) is 5.40. The molecule has 0 aromatic rings. The molecule has 4 nitrogen and oxygen atoms in total.